The maximum Gasteiger partial charge on any atom is 0.227 e. The van der Waals surface area contributed by atoms with Crippen LogP contribution in [0.4, 0.5) is 0 Å². The maximum absolute atomic E-state index is 12.6. The number of likely N-dealkylation sites (tertiary alicyclic amines) is 2. The fourth-order valence-electron chi connectivity index (χ4n) is 3.40. The third kappa shape index (κ3) is 3.96. The van der Waals surface area contributed by atoms with E-state index in [4.69, 9.17) is 4.74 Å². The molecule has 24 heavy (non-hydrogen) atoms. The van der Waals surface area contributed by atoms with E-state index in [-0.39, 0.29) is 23.8 Å². The fourth-order valence-corrected chi connectivity index (χ4v) is 3.40. The number of piperidine rings is 1. The lowest BCUT2D eigenvalue weighted by atomic mass is 9.94. The Bertz CT molecular complexity index is 569. The van der Waals surface area contributed by atoms with E-state index in [0.29, 0.717) is 32.7 Å². The summed E-state index contributed by atoms with van der Waals surface area (Å²) in [5.41, 5.74) is 1.16. The smallest absolute Gasteiger partial charge is 0.227 e. The van der Waals surface area contributed by atoms with Gasteiger partial charge in [-0.25, -0.2) is 0 Å². The number of nitrogens with zero attached hydrogens (tertiary/aromatic N) is 2. The van der Waals surface area contributed by atoms with Gasteiger partial charge in [-0.2, -0.15) is 0 Å². The van der Waals surface area contributed by atoms with E-state index in [9.17, 15) is 9.59 Å². The van der Waals surface area contributed by atoms with Gasteiger partial charge in [0.25, 0.3) is 0 Å². The first-order valence-electron chi connectivity index (χ1n) is 8.89. The largest absolute Gasteiger partial charge is 0.370 e. The Morgan fingerprint density at radius 3 is 2.58 bits per heavy atom. The summed E-state index contributed by atoms with van der Waals surface area (Å²) in [5.74, 6) is 0.299. The highest BCUT2D eigenvalue weighted by Crippen LogP contribution is 2.23. The lowest BCUT2D eigenvalue weighted by Crippen LogP contribution is -2.58. The molecule has 130 valence electrons. The summed E-state index contributed by atoms with van der Waals surface area (Å²) >= 11 is 0. The molecule has 2 fully saturated rings. The molecule has 1 aromatic rings. The highest BCUT2D eigenvalue weighted by molar-refractivity contribution is 5.82. The summed E-state index contributed by atoms with van der Waals surface area (Å²) in [6.45, 7) is 5.18. The topological polar surface area (TPSA) is 49.9 Å². The molecule has 2 saturated heterocycles. The molecule has 2 aliphatic rings. The Kier molecular flexibility index (Phi) is 5.51. The van der Waals surface area contributed by atoms with Crippen LogP contribution in [0.1, 0.15) is 31.7 Å². The highest BCUT2D eigenvalue weighted by atomic mass is 16.5. The standard InChI is InChI=1S/C19H26N2O3/c1-2-18(22)20-10-6-9-16(11-20)19(23)21-12-17(13-21)24-14-15-7-4-3-5-8-15/h3-5,7-8,16-17H,2,6,9-14H2,1H3/t16-/m1/s1. The SMILES string of the molecule is CCC(=O)N1CCC[C@@H](C(=O)N2CC(OCc3ccccc3)C2)C1. The first-order valence-corrected chi connectivity index (χ1v) is 8.89. The molecule has 0 unspecified atom stereocenters. The molecule has 0 aromatic heterocycles. The minimum Gasteiger partial charge on any atom is -0.370 e. The molecule has 0 aliphatic carbocycles. The molecular formula is C19H26N2O3. The molecule has 0 radical (unpaired) electrons. The number of hydrogen-bond acceptors (Lipinski definition) is 3. The Balaban J connectivity index is 1.42. The quantitative estimate of drug-likeness (QED) is 0.830. The molecule has 2 aliphatic heterocycles. The van der Waals surface area contributed by atoms with Crippen molar-refractivity contribution in [3.63, 3.8) is 0 Å². The zero-order chi connectivity index (χ0) is 16.9. The molecule has 2 heterocycles. The summed E-state index contributed by atoms with van der Waals surface area (Å²) in [6, 6.07) is 10.1. The highest BCUT2D eigenvalue weighted by Gasteiger charge is 2.37. The van der Waals surface area contributed by atoms with Crippen LogP contribution in [0.3, 0.4) is 0 Å². The molecule has 5 nitrogen and oxygen atoms in total. The summed E-state index contributed by atoms with van der Waals surface area (Å²) in [7, 11) is 0. The van der Waals surface area contributed by atoms with Crippen LogP contribution >= 0.6 is 0 Å². The summed E-state index contributed by atoms with van der Waals surface area (Å²) in [6.07, 6.45) is 2.45. The predicted molar refractivity (Wildman–Crippen MR) is 91.2 cm³/mol. The van der Waals surface area contributed by atoms with Gasteiger partial charge >= 0.3 is 0 Å². The average molecular weight is 330 g/mol. The van der Waals surface area contributed by atoms with Gasteiger partial charge in [0, 0.05) is 32.6 Å². The summed E-state index contributed by atoms with van der Waals surface area (Å²) in [5, 5.41) is 0. The van der Waals surface area contributed by atoms with Gasteiger partial charge in [-0.05, 0) is 18.4 Å². The molecule has 1 atom stereocenters. The monoisotopic (exact) mass is 330 g/mol. The van der Waals surface area contributed by atoms with Crippen molar-refractivity contribution in [3.05, 3.63) is 35.9 Å². The summed E-state index contributed by atoms with van der Waals surface area (Å²) in [4.78, 5) is 28.1. The number of rotatable bonds is 5. The van der Waals surface area contributed by atoms with Crippen LogP contribution in [0.15, 0.2) is 30.3 Å². The van der Waals surface area contributed by atoms with E-state index in [1.807, 2.05) is 47.1 Å². The van der Waals surface area contributed by atoms with Crippen LogP contribution in [-0.4, -0.2) is 53.9 Å². The number of carbonyl (C=O) groups excluding carboxylic acids is 2. The van der Waals surface area contributed by atoms with Gasteiger partial charge in [0.2, 0.25) is 11.8 Å². The lowest BCUT2D eigenvalue weighted by molar-refractivity contribution is -0.153. The number of amides is 2. The zero-order valence-corrected chi connectivity index (χ0v) is 14.3. The van der Waals surface area contributed by atoms with E-state index < -0.39 is 0 Å². The van der Waals surface area contributed by atoms with Crippen LogP contribution in [0.2, 0.25) is 0 Å². The molecule has 0 N–H and O–H groups in total. The molecule has 3 rings (SSSR count). The molecule has 0 spiro atoms. The number of hydrogen-bond donors (Lipinski definition) is 0. The first-order chi connectivity index (χ1) is 11.7. The van der Waals surface area contributed by atoms with Crippen molar-refractivity contribution in [2.24, 2.45) is 5.92 Å². The van der Waals surface area contributed by atoms with E-state index in [2.05, 4.69) is 0 Å². The third-order valence-corrected chi connectivity index (χ3v) is 4.91. The number of benzene rings is 1. The Morgan fingerprint density at radius 1 is 1.12 bits per heavy atom. The Morgan fingerprint density at radius 2 is 1.88 bits per heavy atom. The zero-order valence-electron chi connectivity index (χ0n) is 14.3. The minimum atomic E-state index is -0.0377. The van der Waals surface area contributed by atoms with Crippen LogP contribution in [0.5, 0.6) is 0 Å². The predicted octanol–water partition coefficient (Wildman–Crippen LogP) is 2.06. The van der Waals surface area contributed by atoms with Crippen LogP contribution in [0, 0.1) is 5.92 Å². The molecule has 0 saturated carbocycles. The molecule has 1 aromatic carbocycles. The summed E-state index contributed by atoms with van der Waals surface area (Å²) < 4.78 is 5.85. The van der Waals surface area contributed by atoms with Gasteiger partial charge in [-0.15, -0.1) is 0 Å². The second kappa shape index (κ2) is 7.79. The Labute approximate surface area is 143 Å². The van der Waals surface area contributed by atoms with Crippen molar-refractivity contribution >= 4 is 11.8 Å². The van der Waals surface area contributed by atoms with Crippen LogP contribution in [-0.2, 0) is 20.9 Å². The van der Waals surface area contributed by atoms with E-state index in [0.717, 1.165) is 24.9 Å². The second-order valence-electron chi connectivity index (χ2n) is 6.69. The van der Waals surface area contributed by atoms with Gasteiger partial charge < -0.3 is 14.5 Å². The van der Waals surface area contributed by atoms with Crippen molar-refractivity contribution in [2.75, 3.05) is 26.2 Å². The van der Waals surface area contributed by atoms with E-state index >= 15 is 0 Å². The third-order valence-electron chi connectivity index (χ3n) is 4.91. The number of ether oxygens (including phenoxy) is 1. The van der Waals surface area contributed by atoms with Crippen LogP contribution in [0.25, 0.3) is 0 Å². The molecular weight excluding hydrogens is 304 g/mol. The molecule has 0 bridgehead atoms. The Hall–Kier alpha value is -1.88. The number of carbonyl (C=O) groups is 2. The molecule has 5 heteroatoms. The van der Waals surface area contributed by atoms with Gasteiger partial charge in [0.1, 0.15) is 0 Å². The van der Waals surface area contributed by atoms with Gasteiger partial charge in [0.15, 0.2) is 0 Å². The van der Waals surface area contributed by atoms with Crippen molar-refractivity contribution in [1.82, 2.24) is 9.80 Å². The lowest BCUT2D eigenvalue weighted by Gasteiger charge is -2.42. The van der Waals surface area contributed by atoms with Crippen LogP contribution < -0.4 is 0 Å². The van der Waals surface area contributed by atoms with Crippen molar-refractivity contribution < 1.29 is 14.3 Å². The van der Waals surface area contributed by atoms with Gasteiger partial charge in [-0.3, -0.25) is 9.59 Å². The van der Waals surface area contributed by atoms with Gasteiger partial charge in [0.05, 0.1) is 18.6 Å². The maximum atomic E-state index is 12.6. The minimum absolute atomic E-state index is 0.0377. The second-order valence-corrected chi connectivity index (χ2v) is 6.69. The van der Waals surface area contributed by atoms with Gasteiger partial charge in [-0.1, -0.05) is 37.3 Å². The van der Waals surface area contributed by atoms with E-state index in [1.165, 1.54) is 0 Å². The van der Waals surface area contributed by atoms with Crippen molar-refractivity contribution in [1.29, 1.82) is 0 Å². The first kappa shape index (κ1) is 17.0. The van der Waals surface area contributed by atoms with E-state index in [1.54, 1.807) is 0 Å². The fraction of sp³-hybridized carbons (Fsp3) is 0.579. The normalized spacial score (nSPS) is 21.5. The average Bonchev–Trinajstić information content (AvgIpc) is 2.60. The molecule has 2 amide bonds. The van der Waals surface area contributed by atoms with Crippen molar-refractivity contribution in [3.8, 4) is 0 Å². The van der Waals surface area contributed by atoms with Crippen molar-refractivity contribution in [2.45, 2.75) is 38.9 Å².